The van der Waals surface area contributed by atoms with Crippen LogP contribution in [0, 0.1) is 6.92 Å². The zero-order chi connectivity index (χ0) is 21.8. The molecule has 1 aliphatic rings. The van der Waals surface area contributed by atoms with Gasteiger partial charge in [-0.05, 0) is 48.9 Å². The molecule has 30 heavy (non-hydrogen) atoms. The van der Waals surface area contributed by atoms with Crippen molar-refractivity contribution in [3.63, 3.8) is 0 Å². The summed E-state index contributed by atoms with van der Waals surface area (Å²) < 4.78 is 12.0. The molecule has 0 aromatic heterocycles. The maximum Gasteiger partial charge on any atom is 0.230 e. The van der Waals surface area contributed by atoms with Gasteiger partial charge in [0.05, 0.1) is 25.8 Å². The smallest absolute Gasteiger partial charge is 0.230 e. The van der Waals surface area contributed by atoms with E-state index >= 15 is 0 Å². The Hall–Kier alpha value is -2.55. The van der Waals surface area contributed by atoms with Gasteiger partial charge in [-0.1, -0.05) is 35.5 Å². The number of nitrogens with two attached hydrogens (primary N) is 2. The monoisotopic (exact) mass is 461 g/mol. The van der Waals surface area contributed by atoms with Gasteiger partial charge >= 0.3 is 0 Å². The van der Waals surface area contributed by atoms with Gasteiger partial charge in [0.25, 0.3) is 0 Å². The minimum Gasteiger partial charge on any atom is -0.401 e. The molecule has 156 valence electrons. The van der Waals surface area contributed by atoms with Crippen molar-refractivity contribution in [2.45, 2.75) is 18.2 Å². The summed E-state index contributed by atoms with van der Waals surface area (Å²) >= 11 is 7.50. The third-order valence-electron chi connectivity index (χ3n) is 4.32. The Labute approximate surface area is 186 Å². The summed E-state index contributed by atoms with van der Waals surface area (Å²) in [5.41, 5.74) is 13.7. The Morgan fingerprint density at radius 1 is 1.20 bits per heavy atom. The summed E-state index contributed by atoms with van der Waals surface area (Å²) in [4.78, 5) is 25.0. The fraction of sp³-hybridized carbons (Fsp3) is 0.143. The highest BCUT2D eigenvalue weighted by Gasteiger charge is 2.24. The van der Waals surface area contributed by atoms with Crippen LogP contribution in [0.3, 0.4) is 0 Å². The molecule has 1 heterocycles. The van der Waals surface area contributed by atoms with E-state index in [-0.39, 0.29) is 11.5 Å². The van der Waals surface area contributed by atoms with E-state index in [1.54, 1.807) is 36.4 Å². The fourth-order valence-electron chi connectivity index (χ4n) is 2.86. The summed E-state index contributed by atoms with van der Waals surface area (Å²) in [5, 5.41) is 4.38. The van der Waals surface area contributed by atoms with E-state index in [9.17, 15) is 13.8 Å². The first-order valence-electron chi connectivity index (χ1n) is 8.96. The van der Waals surface area contributed by atoms with Crippen LogP contribution in [-0.2, 0) is 15.6 Å². The number of thioether (sulfide) groups is 1. The van der Waals surface area contributed by atoms with Crippen molar-refractivity contribution in [3.8, 4) is 0 Å². The van der Waals surface area contributed by atoms with Gasteiger partial charge in [-0.25, -0.2) is 0 Å². The van der Waals surface area contributed by atoms with Crippen molar-refractivity contribution in [3.05, 3.63) is 80.3 Å². The summed E-state index contributed by atoms with van der Waals surface area (Å²) in [6.07, 6.45) is 2.33. The van der Waals surface area contributed by atoms with Crippen molar-refractivity contribution < 1.29 is 13.8 Å². The molecule has 0 radical (unpaired) electrons. The summed E-state index contributed by atoms with van der Waals surface area (Å²) in [7, 11) is -1.47. The van der Waals surface area contributed by atoms with Gasteiger partial charge in [0.1, 0.15) is 5.75 Å². The van der Waals surface area contributed by atoms with Crippen molar-refractivity contribution >= 4 is 51.5 Å². The van der Waals surface area contributed by atoms with Crippen LogP contribution in [-0.4, -0.2) is 21.7 Å². The van der Waals surface area contributed by atoms with Crippen LogP contribution in [0.5, 0.6) is 0 Å². The number of rotatable bonds is 7. The molecule has 2 aromatic rings. The number of benzene rings is 2. The number of aryl methyl sites for hydroxylation is 1. The first kappa shape index (κ1) is 22.1. The summed E-state index contributed by atoms with van der Waals surface area (Å²) in [5.74, 6) is -1.04. The lowest BCUT2D eigenvalue weighted by Crippen LogP contribution is -2.19. The molecule has 1 atom stereocenters. The SMILES string of the molecule is Cc1cccc(Cl)c1C(=O)C1=C(N)CC=C(Nc2ccc(S(=O)CC(N)=O)cc2)S1. The van der Waals surface area contributed by atoms with Gasteiger partial charge in [-0.3, -0.25) is 13.8 Å². The molecule has 3 rings (SSSR count). The van der Waals surface area contributed by atoms with E-state index in [0.29, 0.717) is 32.5 Å². The highest BCUT2D eigenvalue weighted by Crippen LogP contribution is 2.37. The third-order valence-corrected chi connectivity index (χ3v) is 7.12. The lowest BCUT2D eigenvalue weighted by Gasteiger charge is -2.19. The van der Waals surface area contributed by atoms with Crippen molar-refractivity contribution in [2.75, 3.05) is 11.1 Å². The van der Waals surface area contributed by atoms with Crippen LogP contribution in [0.15, 0.2) is 69.1 Å². The molecule has 9 heteroatoms. The van der Waals surface area contributed by atoms with Crippen LogP contribution in [0.2, 0.25) is 5.02 Å². The molecule has 0 saturated heterocycles. The summed E-state index contributed by atoms with van der Waals surface area (Å²) in [6, 6.07) is 12.1. The number of hydrogen-bond donors (Lipinski definition) is 3. The number of amides is 1. The van der Waals surface area contributed by atoms with Gasteiger partial charge < -0.3 is 16.8 Å². The second-order valence-corrected chi connectivity index (χ2v) is 9.51. The van der Waals surface area contributed by atoms with Gasteiger partial charge in [0, 0.05) is 28.3 Å². The number of halogens is 1. The van der Waals surface area contributed by atoms with Crippen LogP contribution < -0.4 is 16.8 Å². The molecule has 0 bridgehead atoms. The fourth-order valence-corrected chi connectivity index (χ4v) is 5.00. The minimum atomic E-state index is -1.47. The van der Waals surface area contributed by atoms with Crippen molar-refractivity contribution in [1.82, 2.24) is 0 Å². The van der Waals surface area contributed by atoms with E-state index in [4.69, 9.17) is 23.1 Å². The minimum absolute atomic E-state index is 0.204. The standard InChI is InChI=1S/C21H20ClN3O3S2/c1-12-3-2-4-15(22)19(12)20(27)21-16(23)9-10-18(29-21)25-13-5-7-14(8-6-13)30(28)11-17(24)26/h2-8,10,25H,9,11,23H2,1H3,(H2,24,26). The molecule has 0 fully saturated rings. The van der Waals surface area contributed by atoms with E-state index < -0.39 is 16.7 Å². The molecule has 1 aliphatic heterocycles. The highest BCUT2D eigenvalue weighted by atomic mass is 35.5. The molecular weight excluding hydrogens is 442 g/mol. The van der Waals surface area contributed by atoms with Crippen molar-refractivity contribution in [2.24, 2.45) is 11.5 Å². The van der Waals surface area contributed by atoms with E-state index in [1.807, 2.05) is 19.1 Å². The first-order valence-corrected chi connectivity index (χ1v) is 11.5. The zero-order valence-corrected chi connectivity index (χ0v) is 18.5. The first-order chi connectivity index (χ1) is 14.3. The predicted molar refractivity (Wildman–Crippen MR) is 123 cm³/mol. The number of primary amides is 1. The molecule has 0 spiro atoms. The number of anilines is 1. The topological polar surface area (TPSA) is 115 Å². The molecule has 1 unspecified atom stereocenters. The number of hydrogen-bond acceptors (Lipinski definition) is 6. The third kappa shape index (κ3) is 5.13. The second-order valence-electron chi connectivity index (χ2n) is 6.60. The molecule has 5 N–H and O–H groups in total. The number of allylic oxidation sites excluding steroid dienone is 2. The van der Waals surface area contributed by atoms with E-state index in [0.717, 1.165) is 16.3 Å². The molecule has 2 aromatic carbocycles. The van der Waals surface area contributed by atoms with Crippen LogP contribution in [0.1, 0.15) is 22.3 Å². The average molecular weight is 462 g/mol. The van der Waals surface area contributed by atoms with Crippen LogP contribution in [0.4, 0.5) is 5.69 Å². The van der Waals surface area contributed by atoms with Gasteiger partial charge in [0.2, 0.25) is 11.7 Å². The Morgan fingerprint density at radius 3 is 2.53 bits per heavy atom. The second kappa shape index (κ2) is 9.51. The summed E-state index contributed by atoms with van der Waals surface area (Å²) in [6.45, 7) is 1.84. The van der Waals surface area contributed by atoms with Gasteiger partial charge in [-0.2, -0.15) is 0 Å². The van der Waals surface area contributed by atoms with E-state index in [2.05, 4.69) is 5.32 Å². The molecule has 6 nitrogen and oxygen atoms in total. The van der Waals surface area contributed by atoms with Crippen molar-refractivity contribution in [1.29, 1.82) is 0 Å². The Kier molecular flexibility index (Phi) is 7.02. The number of carbonyl (C=O) groups is 2. The molecule has 0 saturated carbocycles. The maximum absolute atomic E-state index is 13.1. The quantitative estimate of drug-likeness (QED) is 0.541. The lowest BCUT2D eigenvalue weighted by atomic mass is 10.0. The van der Waals surface area contributed by atoms with Crippen LogP contribution in [0.25, 0.3) is 0 Å². The lowest BCUT2D eigenvalue weighted by molar-refractivity contribution is -0.115. The van der Waals surface area contributed by atoms with Crippen LogP contribution >= 0.6 is 23.4 Å². The number of carbonyl (C=O) groups excluding carboxylic acids is 2. The Morgan fingerprint density at radius 2 is 1.90 bits per heavy atom. The molecular formula is C21H20ClN3O3S2. The van der Waals surface area contributed by atoms with Gasteiger partial charge in [0.15, 0.2) is 0 Å². The number of Topliss-reactive ketones (excluding diaryl/α,β-unsaturated/α-hetero) is 1. The average Bonchev–Trinajstić information content (AvgIpc) is 2.69. The molecule has 0 aliphatic carbocycles. The normalized spacial score (nSPS) is 14.8. The maximum atomic E-state index is 13.1. The van der Waals surface area contributed by atoms with Gasteiger partial charge in [-0.15, -0.1) is 0 Å². The highest BCUT2D eigenvalue weighted by molar-refractivity contribution is 8.07. The Balaban J connectivity index is 1.73. The predicted octanol–water partition coefficient (Wildman–Crippen LogP) is 3.68. The molecule has 1 amide bonds. The van der Waals surface area contributed by atoms with E-state index in [1.165, 1.54) is 11.8 Å². The number of ketones is 1. The number of nitrogens with one attached hydrogen (secondary N) is 1. The zero-order valence-electron chi connectivity index (χ0n) is 16.1. The largest absolute Gasteiger partial charge is 0.401 e. The Bertz CT molecular complexity index is 1070.